The normalized spacial score (nSPS) is 12.6. The highest BCUT2D eigenvalue weighted by Gasteiger charge is 2.22. The van der Waals surface area contributed by atoms with Gasteiger partial charge in [0.2, 0.25) is 0 Å². The first-order valence-electron chi connectivity index (χ1n) is 5.77. The van der Waals surface area contributed by atoms with Crippen LogP contribution in [-0.4, -0.2) is 5.78 Å². The Labute approximate surface area is 89.3 Å². The van der Waals surface area contributed by atoms with Crippen LogP contribution >= 0.6 is 0 Å². The highest BCUT2D eigenvalue weighted by Crippen LogP contribution is 2.31. The van der Waals surface area contributed by atoms with Crippen molar-refractivity contribution in [3.05, 3.63) is 0 Å². The number of ketones is 1. The fourth-order valence-corrected chi connectivity index (χ4v) is 1.31. The Morgan fingerprint density at radius 2 is 1.64 bits per heavy atom. The van der Waals surface area contributed by atoms with Gasteiger partial charge >= 0.3 is 0 Å². The van der Waals surface area contributed by atoms with E-state index in [1.807, 2.05) is 0 Å². The summed E-state index contributed by atoms with van der Waals surface area (Å²) in [6, 6.07) is 0. The van der Waals surface area contributed by atoms with Crippen LogP contribution in [0.2, 0.25) is 0 Å². The molecule has 84 valence electrons. The molecule has 0 aliphatic rings. The third-order valence-corrected chi connectivity index (χ3v) is 3.25. The van der Waals surface area contributed by atoms with Crippen LogP contribution in [0.25, 0.3) is 0 Å². The average Bonchev–Trinajstić information content (AvgIpc) is 1.99. The summed E-state index contributed by atoms with van der Waals surface area (Å²) in [6.45, 7) is 13.2. The maximum Gasteiger partial charge on any atom is 0.133 e. The molecule has 0 saturated carbocycles. The van der Waals surface area contributed by atoms with Crippen LogP contribution in [0, 0.1) is 17.3 Å². The first-order valence-corrected chi connectivity index (χ1v) is 5.77. The minimum atomic E-state index is 0.298. The van der Waals surface area contributed by atoms with Crippen LogP contribution < -0.4 is 0 Å². The fourth-order valence-electron chi connectivity index (χ4n) is 1.31. The molecule has 0 amide bonds. The summed E-state index contributed by atoms with van der Waals surface area (Å²) in [4.78, 5) is 11.5. The molecular weight excluding hydrogens is 172 g/mol. The van der Waals surface area contributed by atoms with Crippen LogP contribution in [0.15, 0.2) is 0 Å². The zero-order valence-corrected chi connectivity index (χ0v) is 10.7. The molecule has 0 aliphatic carbocycles. The molecule has 1 nitrogen and oxygen atoms in total. The third-order valence-electron chi connectivity index (χ3n) is 3.25. The molecule has 0 radical (unpaired) electrons. The molecule has 0 atom stereocenters. The topological polar surface area (TPSA) is 17.1 Å². The van der Waals surface area contributed by atoms with Crippen molar-refractivity contribution in [3.8, 4) is 0 Å². The van der Waals surface area contributed by atoms with Crippen molar-refractivity contribution in [3.63, 3.8) is 0 Å². The molecule has 0 aromatic heterocycles. The van der Waals surface area contributed by atoms with E-state index in [0.29, 0.717) is 23.0 Å². The summed E-state index contributed by atoms with van der Waals surface area (Å²) >= 11 is 0. The largest absolute Gasteiger partial charge is 0.300 e. The molecular formula is C13H26O. The van der Waals surface area contributed by atoms with Crippen molar-refractivity contribution in [2.45, 2.75) is 60.8 Å². The average molecular weight is 198 g/mol. The Morgan fingerprint density at radius 3 is 2.00 bits per heavy atom. The summed E-state index contributed by atoms with van der Waals surface area (Å²) < 4.78 is 0. The number of hydrogen-bond acceptors (Lipinski definition) is 1. The van der Waals surface area contributed by atoms with Crippen molar-refractivity contribution in [2.24, 2.45) is 17.3 Å². The van der Waals surface area contributed by atoms with Gasteiger partial charge in [0.05, 0.1) is 0 Å². The number of carbonyl (C=O) groups excluding carboxylic acids is 1. The van der Waals surface area contributed by atoms with E-state index in [1.54, 1.807) is 0 Å². The summed E-state index contributed by atoms with van der Waals surface area (Å²) in [5.74, 6) is 1.58. The van der Waals surface area contributed by atoms with Gasteiger partial charge in [0.15, 0.2) is 0 Å². The van der Waals surface area contributed by atoms with E-state index in [0.717, 1.165) is 19.3 Å². The molecule has 0 rings (SSSR count). The van der Waals surface area contributed by atoms with Gasteiger partial charge in [-0.15, -0.1) is 0 Å². The van der Waals surface area contributed by atoms with E-state index in [9.17, 15) is 4.79 Å². The Kier molecular flexibility index (Phi) is 5.40. The Bertz CT molecular complexity index is 178. The van der Waals surface area contributed by atoms with Gasteiger partial charge in [0, 0.05) is 12.8 Å². The molecule has 0 N–H and O–H groups in total. The van der Waals surface area contributed by atoms with Crippen molar-refractivity contribution >= 4 is 5.78 Å². The fraction of sp³-hybridized carbons (Fsp3) is 0.923. The standard InChI is InChI=1S/C13H26O/c1-10(2)9-12(14)7-8-13(5,6)11(3)4/h10-11H,7-9H2,1-6H3. The SMILES string of the molecule is CC(C)CC(=O)CCC(C)(C)C(C)C. The molecule has 0 spiro atoms. The second-order valence-electron chi connectivity index (χ2n) is 5.78. The molecule has 0 unspecified atom stereocenters. The summed E-state index contributed by atoms with van der Waals surface area (Å²) in [5.41, 5.74) is 0.298. The minimum Gasteiger partial charge on any atom is -0.300 e. The lowest BCUT2D eigenvalue weighted by atomic mass is 9.77. The second-order valence-corrected chi connectivity index (χ2v) is 5.78. The van der Waals surface area contributed by atoms with E-state index >= 15 is 0 Å². The van der Waals surface area contributed by atoms with Crippen molar-refractivity contribution < 1.29 is 4.79 Å². The predicted molar refractivity (Wildman–Crippen MR) is 62.3 cm³/mol. The third kappa shape index (κ3) is 5.41. The molecule has 0 aliphatic heterocycles. The van der Waals surface area contributed by atoms with Crippen molar-refractivity contribution in [1.82, 2.24) is 0 Å². The van der Waals surface area contributed by atoms with Crippen molar-refractivity contribution in [2.75, 3.05) is 0 Å². The van der Waals surface area contributed by atoms with Crippen LogP contribution in [0.1, 0.15) is 60.8 Å². The van der Waals surface area contributed by atoms with E-state index in [-0.39, 0.29) is 0 Å². The highest BCUT2D eigenvalue weighted by atomic mass is 16.1. The quantitative estimate of drug-likeness (QED) is 0.629. The number of hydrogen-bond donors (Lipinski definition) is 0. The minimum absolute atomic E-state index is 0.298. The van der Waals surface area contributed by atoms with Gasteiger partial charge in [-0.2, -0.15) is 0 Å². The Balaban J connectivity index is 3.88. The summed E-state index contributed by atoms with van der Waals surface area (Å²) in [5, 5.41) is 0. The molecule has 0 aromatic carbocycles. The monoisotopic (exact) mass is 198 g/mol. The van der Waals surface area contributed by atoms with Gasteiger partial charge < -0.3 is 0 Å². The van der Waals surface area contributed by atoms with Gasteiger partial charge in [0.1, 0.15) is 5.78 Å². The molecule has 0 saturated heterocycles. The second kappa shape index (κ2) is 5.53. The van der Waals surface area contributed by atoms with Crippen LogP contribution in [0.5, 0.6) is 0 Å². The van der Waals surface area contributed by atoms with E-state index in [1.165, 1.54) is 0 Å². The lowest BCUT2D eigenvalue weighted by molar-refractivity contribution is -0.120. The van der Waals surface area contributed by atoms with E-state index < -0.39 is 0 Å². The van der Waals surface area contributed by atoms with Gasteiger partial charge in [-0.3, -0.25) is 4.79 Å². The lowest BCUT2D eigenvalue weighted by Crippen LogP contribution is -2.20. The molecule has 0 aromatic rings. The van der Waals surface area contributed by atoms with Crippen LogP contribution in [0.4, 0.5) is 0 Å². The van der Waals surface area contributed by atoms with Crippen LogP contribution in [-0.2, 0) is 4.79 Å². The first kappa shape index (κ1) is 13.7. The van der Waals surface area contributed by atoms with Gasteiger partial charge in [-0.1, -0.05) is 41.5 Å². The smallest absolute Gasteiger partial charge is 0.133 e. The lowest BCUT2D eigenvalue weighted by Gasteiger charge is -2.29. The summed E-state index contributed by atoms with van der Waals surface area (Å²) in [6.07, 6.45) is 2.52. The number of Topliss-reactive ketones (excluding diaryl/α,β-unsaturated/α-hetero) is 1. The maximum atomic E-state index is 11.5. The molecule has 0 heterocycles. The van der Waals surface area contributed by atoms with Gasteiger partial charge in [-0.05, 0) is 23.7 Å². The zero-order valence-electron chi connectivity index (χ0n) is 10.7. The van der Waals surface area contributed by atoms with E-state index in [4.69, 9.17) is 0 Å². The highest BCUT2D eigenvalue weighted by molar-refractivity contribution is 5.78. The molecule has 0 bridgehead atoms. The first-order chi connectivity index (χ1) is 6.25. The molecule has 14 heavy (non-hydrogen) atoms. The van der Waals surface area contributed by atoms with Gasteiger partial charge in [0.25, 0.3) is 0 Å². The Morgan fingerprint density at radius 1 is 1.14 bits per heavy atom. The predicted octanol–water partition coefficient (Wildman–Crippen LogP) is 4.06. The summed E-state index contributed by atoms with van der Waals surface area (Å²) in [7, 11) is 0. The van der Waals surface area contributed by atoms with Crippen LogP contribution in [0.3, 0.4) is 0 Å². The maximum absolute atomic E-state index is 11.5. The van der Waals surface area contributed by atoms with E-state index in [2.05, 4.69) is 41.5 Å². The molecule has 1 heteroatoms. The Hall–Kier alpha value is -0.330. The number of rotatable bonds is 6. The van der Waals surface area contributed by atoms with Crippen molar-refractivity contribution in [1.29, 1.82) is 0 Å². The number of carbonyl (C=O) groups is 1. The zero-order chi connectivity index (χ0) is 11.4. The van der Waals surface area contributed by atoms with Gasteiger partial charge in [-0.25, -0.2) is 0 Å². The molecule has 0 fully saturated rings.